The summed E-state index contributed by atoms with van der Waals surface area (Å²) in [4.78, 5) is 23.0. The molecule has 0 fully saturated rings. The molecule has 5 nitrogen and oxygen atoms in total. The maximum atomic E-state index is 12.1. The fourth-order valence-electron chi connectivity index (χ4n) is 2.00. The second-order valence-corrected chi connectivity index (χ2v) is 4.40. The van der Waals surface area contributed by atoms with Crippen LogP contribution in [-0.4, -0.2) is 17.0 Å². The Labute approximate surface area is 116 Å². The van der Waals surface area contributed by atoms with Crippen LogP contribution in [-0.2, 0) is 6.42 Å². The standard InChI is InChI=1S/C15H15NO4/c1-3-13-12(6-7-20-13)14(17)16-10-4-5-11(15(18)19)9(2)8-10/h4-8H,3H2,1-2H3,(H,16,17)(H,18,19). The molecule has 20 heavy (non-hydrogen) atoms. The largest absolute Gasteiger partial charge is 0.478 e. The first kappa shape index (κ1) is 13.9. The summed E-state index contributed by atoms with van der Waals surface area (Å²) in [5.41, 5.74) is 1.87. The zero-order valence-electron chi connectivity index (χ0n) is 11.3. The molecule has 1 amide bonds. The Bertz CT molecular complexity index is 658. The van der Waals surface area contributed by atoms with Crippen molar-refractivity contribution in [3.05, 3.63) is 53.0 Å². The molecule has 1 aromatic carbocycles. The first-order chi connectivity index (χ1) is 9.52. The second-order valence-electron chi connectivity index (χ2n) is 4.40. The van der Waals surface area contributed by atoms with Gasteiger partial charge in [-0.05, 0) is 36.8 Å². The Morgan fingerprint density at radius 2 is 2.00 bits per heavy atom. The maximum Gasteiger partial charge on any atom is 0.335 e. The maximum absolute atomic E-state index is 12.1. The lowest BCUT2D eigenvalue weighted by Gasteiger charge is -2.07. The van der Waals surface area contributed by atoms with Gasteiger partial charge in [-0.1, -0.05) is 6.92 Å². The number of carbonyl (C=O) groups is 2. The van der Waals surface area contributed by atoms with E-state index in [9.17, 15) is 9.59 Å². The summed E-state index contributed by atoms with van der Waals surface area (Å²) in [5.74, 6) is -0.622. The van der Waals surface area contributed by atoms with Crippen LogP contribution in [0.25, 0.3) is 0 Å². The van der Waals surface area contributed by atoms with Crippen LogP contribution in [0.15, 0.2) is 34.9 Å². The van der Waals surface area contributed by atoms with Gasteiger partial charge in [0.25, 0.3) is 5.91 Å². The molecule has 1 heterocycles. The van der Waals surface area contributed by atoms with E-state index < -0.39 is 5.97 Å². The molecule has 0 atom stereocenters. The normalized spacial score (nSPS) is 10.3. The quantitative estimate of drug-likeness (QED) is 0.897. The third kappa shape index (κ3) is 2.71. The van der Waals surface area contributed by atoms with Gasteiger partial charge in [-0.15, -0.1) is 0 Å². The number of hydrogen-bond acceptors (Lipinski definition) is 3. The molecule has 5 heteroatoms. The molecule has 0 aliphatic carbocycles. The number of anilines is 1. The number of rotatable bonds is 4. The Balaban J connectivity index is 2.20. The number of furan rings is 1. The Kier molecular flexibility index (Phi) is 3.89. The highest BCUT2D eigenvalue weighted by molar-refractivity contribution is 6.05. The molecule has 0 saturated carbocycles. The van der Waals surface area contributed by atoms with E-state index in [-0.39, 0.29) is 11.5 Å². The number of benzene rings is 1. The van der Waals surface area contributed by atoms with Crippen molar-refractivity contribution in [1.82, 2.24) is 0 Å². The van der Waals surface area contributed by atoms with Gasteiger partial charge < -0.3 is 14.8 Å². The zero-order valence-corrected chi connectivity index (χ0v) is 11.3. The van der Waals surface area contributed by atoms with Gasteiger partial charge in [0, 0.05) is 12.1 Å². The minimum Gasteiger partial charge on any atom is -0.478 e. The number of carboxylic acid groups (broad SMARTS) is 1. The monoisotopic (exact) mass is 273 g/mol. The lowest BCUT2D eigenvalue weighted by Crippen LogP contribution is -2.13. The smallest absolute Gasteiger partial charge is 0.335 e. The van der Waals surface area contributed by atoms with Crippen LogP contribution in [0, 0.1) is 6.92 Å². The number of amides is 1. The molecule has 2 aromatic rings. The van der Waals surface area contributed by atoms with Crippen LogP contribution in [0.5, 0.6) is 0 Å². The third-order valence-electron chi connectivity index (χ3n) is 3.03. The minimum absolute atomic E-state index is 0.223. The summed E-state index contributed by atoms with van der Waals surface area (Å²) in [6, 6.07) is 6.29. The average molecular weight is 273 g/mol. The second kappa shape index (κ2) is 5.61. The SMILES string of the molecule is CCc1occc1C(=O)Nc1ccc(C(=O)O)c(C)c1. The molecule has 0 unspecified atom stereocenters. The van der Waals surface area contributed by atoms with E-state index in [1.807, 2.05) is 6.92 Å². The van der Waals surface area contributed by atoms with Crippen LogP contribution in [0.4, 0.5) is 5.69 Å². The summed E-state index contributed by atoms with van der Waals surface area (Å²) in [5, 5.41) is 11.7. The molecule has 0 bridgehead atoms. The van der Waals surface area contributed by atoms with Gasteiger partial charge in [0.05, 0.1) is 17.4 Å². The molecule has 1 aromatic heterocycles. The molecule has 0 spiro atoms. The van der Waals surface area contributed by atoms with Gasteiger partial charge in [-0.2, -0.15) is 0 Å². The van der Waals surface area contributed by atoms with Crippen LogP contribution >= 0.6 is 0 Å². The molecule has 2 N–H and O–H groups in total. The summed E-state index contributed by atoms with van der Waals surface area (Å²) in [7, 11) is 0. The molecule has 2 rings (SSSR count). The number of nitrogens with one attached hydrogen (secondary N) is 1. The molecule has 0 saturated heterocycles. The number of aromatic carboxylic acids is 1. The summed E-state index contributed by atoms with van der Waals surface area (Å²) >= 11 is 0. The summed E-state index contributed by atoms with van der Waals surface area (Å²) in [6.07, 6.45) is 2.11. The lowest BCUT2D eigenvalue weighted by molar-refractivity contribution is 0.0696. The number of carboxylic acids is 1. The molecule has 0 aliphatic heterocycles. The van der Waals surface area contributed by atoms with Gasteiger partial charge in [0.2, 0.25) is 0 Å². The highest BCUT2D eigenvalue weighted by atomic mass is 16.4. The Morgan fingerprint density at radius 3 is 2.60 bits per heavy atom. The van der Waals surface area contributed by atoms with E-state index in [0.717, 1.165) is 0 Å². The number of carbonyl (C=O) groups excluding carboxylic acids is 1. The number of aryl methyl sites for hydroxylation is 2. The predicted molar refractivity (Wildman–Crippen MR) is 74.2 cm³/mol. The van der Waals surface area contributed by atoms with Crippen LogP contribution < -0.4 is 5.32 Å². The molecule has 0 radical (unpaired) electrons. The van der Waals surface area contributed by atoms with Gasteiger partial charge in [-0.25, -0.2) is 4.79 Å². The first-order valence-electron chi connectivity index (χ1n) is 6.24. The lowest BCUT2D eigenvalue weighted by atomic mass is 10.1. The first-order valence-corrected chi connectivity index (χ1v) is 6.24. The van der Waals surface area contributed by atoms with E-state index in [2.05, 4.69) is 5.32 Å². The molecular weight excluding hydrogens is 258 g/mol. The third-order valence-corrected chi connectivity index (χ3v) is 3.03. The van der Waals surface area contributed by atoms with Crippen molar-refractivity contribution in [2.75, 3.05) is 5.32 Å². The topological polar surface area (TPSA) is 79.5 Å². The van der Waals surface area contributed by atoms with E-state index in [1.165, 1.54) is 12.3 Å². The van der Waals surface area contributed by atoms with Crippen molar-refractivity contribution < 1.29 is 19.1 Å². The molecule has 104 valence electrons. The van der Waals surface area contributed by atoms with Crippen LogP contribution in [0.3, 0.4) is 0 Å². The van der Waals surface area contributed by atoms with E-state index in [4.69, 9.17) is 9.52 Å². The number of hydrogen-bond donors (Lipinski definition) is 2. The van der Waals surface area contributed by atoms with Crippen molar-refractivity contribution in [2.45, 2.75) is 20.3 Å². The predicted octanol–water partition coefficient (Wildman–Crippen LogP) is 3.10. The molecular formula is C15H15NO4. The zero-order chi connectivity index (χ0) is 14.7. The van der Waals surface area contributed by atoms with E-state index >= 15 is 0 Å². The van der Waals surface area contributed by atoms with Crippen LogP contribution in [0.2, 0.25) is 0 Å². The fourth-order valence-corrected chi connectivity index (χ4v) is 2.00. The summed E-state index contributed by atoms with van der Waals surface area (Å²) < 4.78 is 5.21. The van der Waals surface area contributed by atoms with Crippen molar-refractivity contribution in [3.8, 4) is 0 Å². The van der Waals surface area contributed by atoms with Gasteiger partial charge >= 0.3 is 5.97 Å². The highest BCUT2D eigenvalue weighted by Gasteiger charge is 2.14. The molecule has 0 aliphatic rings. The van der Waals surface area contributed by atoms with E-state index in [1.54, 1.807) is 25.1 Å². The van der Waals surface area contributed by atoms with Crippen molar-refractivity contribution in [3.63, 3.8) is 0 Å². The van der Waals surface area contributed by atoms with Crippen molar-refractivity contribution >= 4 is 17.6 Å². The Morgan fingerprint density at radius 1 is 1.25 bits per heavy atom. The minimum atomic E-state index is -0.983. The average Bonchev–Trinajstić information content (AvgIpc) is 2.86. The van der Waals surface area contributed by atoms with Crippen molar-refractivity contribution in [1.29, 1.82) is 0 Å². The van der Waals surface area contributed by atoms with Gasteiger partial charge in [0.1, 0.15) is 5.76 Å². The summed E-state index contributed by atoms with van der Waals surface area (Å²) in [6.45, 7) is 3.59. The fraction of sp³-hybridized carbons (Fsp3) is 0.200. The van der Waals surface area contributed by atoms with Crippen LogP contribution in [0.1, 0.15) is 39.0 Å². The highest BCUT2D eigenvalue weighted by Crippen LogP contribution is 2.18. The van der Waals surface area contributed by atoms with E-state index in [0.29, 0.717) is 29.0 Å². The van der Waals surface area contributed by atoms with Crippen molar-refractivity contribution in [2.24, 2.45) is 0 Å². The van der Waals surface area contributed by atoms with Gasteiger partial charge in [0.15, 0.2) is 0 Å². The Hall–Kier alpha value is -2.56. The van der Waals surface area contributed by atoms with Gasteiger partial charge in [-0.3, -0.25) is 4.79 Å².